The van der Waals surface area contributed by atoms with Crippen molar-refractivity contribution >= 4 is 28.6 Å². The zero-order chi connectivity index (χ0) is 23.1. The predicted molar refractivity (Wildman–Crippen MR) is 128 cm³/mol. The minimum Gasteiger partial charge on any atom is -0.368 e. The fraction of sp³-hybridized carbons (Fsp3) is 0.208. The monoisotopic (exact) mass is 455 g/mol. The van der Waals surface area contributed by atoms with Crippen LogP contribution in [0.2, 0.25) is 0 Å². The molecule has 0 atom stereocenters. The van der Waals surface area contributed by atoms with Crippen molar-refractivity contribution in [2.45, 2.75) is 6.54 Å². The number of nitrogen functional groups attached to an aromatic ring is 1. The van der Waals surface area contributed by atoms with Crippen molar-refractivity contribution in [2.75, 3.05) is 36.8 Å². The van der Waals surface area contributed by atoms with Crippen LogP contribution in [0.4, 0.5) is 16.3 Å². The van der Waals surface area contributed by atoms with E-state index in [-0.39, 0.29) is 11.8 Å². The first-order valence-electron chi connectivity index (χ1n) is 11.1. The van der Waals surface area contributed by atoms with Gasteiger partial charge in [0, 0.05) is 49.9 Å². The first kappa shape index (κ1) is 20.4. The average Bonchev–Trinajstić information content (AvgIpc) is 3.30. The molecule has 0 bridgehead atoms. The molecular formula is C24H22FN9. The summed E-state index contributed by atoms with van der Waals surface area (Å²) in [5, 5.41) is 5.54. The van der Waals surface area contributed by atoms with Crippen LogP contribution in [0.5, 0.6) is 0 Å². The minimum atomic E-state index is -0.353. The predicted octanol–water partition coefficient (Wildman–Crippen LogP) is 2.78. The number of hydrogen-bond donors (Lipinski definition) is 1. The van der Waals surface area contributed by atoms with E-state index < -0.39 is 0 Å². The van der Waals surface area contributed by atoms with Gasteiger partial charge in [-0.25, -0.2) is 4.39 Å². The summed E-state index contributed by atoms with van der Waals surface area (Å²) in [6, 6.07) is 16.4. The number of fused-ring (bicyclic) bond motifs is 2. The molecule has 0 aliphatic carbocycles. The lowest BCUT2D eigenvalue weighted by molar-refractivity contribution is 0.249. The van der Waals surface area contributed by atoms with Crippen molar-refractivity contribution in [1.82, 2.24) is 34.4 Å². The highest BCUT2D eigenvalue weighted by Gasteiger charge is 2.22. The summed E-state index contributed by atoms with van der Waals surface area (Å²) in [7, 11) is 0. The lowest BCUT2D eigenvalue weighted by atomic mass is 10.1. The third-order valence-corrected chi connectivity index (χ3v) is 6.09. The van der Waals surface area contributed by atoms with Crippen LogP contribution in [0.3, 0.4) is 0 Å². The Balaban J connectivity index is 1.19. The summed E-state index contributed by atoms with van der Waals surface area (Å²) in [6.45, 7) is 4.13. The largest absolute Gasteiger partial charge is 0.368 e. The molecule has 6 rings (SSSR count). The Hall–Kier alpha value is -4.18. The molecule has 0 saturated carbocycles. The Labute approximate surface area is 194 Å². The summed E-state index contributed by atoms with van der Waals surface area (Å²) in [6.07, 6.45) is 1.87. The topological polar surface area (TPSA) is 101 Å². The van der Waals surface area contributed by atoms with Crippen LogP contribution in [0.25, 0.3) is 28.1 Å². The number of hydrogen-bond acceptors (Lipinski definition) is 8. The standard InChI is InChI=1S/C24H22FN9/c25-18-5-3-4-16(14-18)21-28-24-30-23(29-22(26)34(24)31-21)33-12-10-32(11-13-33)15-17-8-9-27-20-7-2-1-6-19(17)20/h1-9,14H,10-13,15H2,(H2,26,28,29,30,31). The van der Waals surface area contributed by atoms with E-state index in [1.54, 1.807) is 12.1 Å². The fourth-order valence-corrected chi connectivity index (χ4v) is 4.33. The summed E-state index contributed by atoms with van der Waals surface area (Å²) < 4.78 is 15.0. The lowest BCUT2D eigenvalue weighted by Gasteiger charge is -2.34. The van der Waals surface area contributed by atoms with Crippen molar-refractivity contribution in [3.05, 3.63) is 72.2 Å². The van der Waals surface area contributed by atoms with E-state index in [4.69, 9.17) is 5.73 Å². The van der Waals surface area contributed by atoms with E-state index in [9.17, 15) is 4.39 Å². The molecular weight excluding hydrogens is 433 g/mol. The van der Waals surface area contributed by atoms with Gasteiger partial charge in [0.25, 0.3) is 5.78 Å². The van der Waals surface area contributed by atoms with Crippen molar-refractivity contribution in [1.29, 1.82) is 0 Å². The molecule has 4 heterocycles. The van der Waals surface area contributed by atoms with E-state index in [1.165, 1.54) is 27.6 Å². The second-order valence-electron chi connectivity index (χ2n) is 8.29. The number of para-hydroxylation sites is 1. The molecule has 10 heteroatoms. The number of benzene rings is 2. The Morgan fingerprint density at radius 1 is 0.912 bits per heavy atom. The quantitative estimate of drug-likeness (QED) is 0.442. The second kappa shape index (κ2) is 8.31. The van der Waals surface area contributed by atoms with Crippen LogP contribution in [-0.2, 0) is 6.54 Å². The van der Waals surface area contributed by atoms with E-state index in [0.717, 1.165) is 38.2 Å². The van der Waals surface area contributed by atoms with E-state index in [1.807, 2.05) is 24.4 Å². The smallest absolute Gasteiger partial charge is 0.259 e. The lowest BCUT2D eigenvalue weighted by Crippen LogP contribution is -2.46. The Bertz CT molecular complexity index is 1490. The van der Waals surface area contributed by atoms with Crippen LogP contribution in [0.15, 0.2) is 60.8 Å². The molecule has 1 aliphatic heterocycles. The van der Waals surface area contributed by atoms with Crippen molar-refractivity contribution in [3.63, 3.8) is 0 Å². The highest BCUT2D eigenvalue weighted by Crippen LogP contribution is 2.22. The van der Waals surface area contributed by atoms with Crippen LogP contribution >= 0.6 is 0 Å². The summed E-state index contributed by atoms with van der Waals surface area (Å²) in [5.41, 5.74) is 9.01. The van der Waals surface area contributed by atoms with Gasteiger partial charge in [0.15, 0.2) is 5.82 Å². The maximum atomic E-state index is 13.6. The highest BCUT2D eigenvalue weighted by molar-refractivity contribution is 5.81. The molecule has 3 aromatic heterocycles. The summed E-state index contributed by atoms with van der Waals surface area (Å²) >= 11 is 0. The van der Waals surface area contributed by atoms with Gasteiger partial charge < -0.3 is 10.6 Å². The molecule has 34 heavy (non-hydrogen) atoms. The van der Waals surface area contributed by atoms with Gasteiger partial charge in [-0.15, -0.1) is 5.10 Å². The zero-order valence-electron chi connectivity index (χ0n) is 18.3. The van der Waals surface area contributed by atoms with Crippen molar-refractivity contribution in [2.24, 2.45) is 0 Å². The van der Waals surface area contributed by atoms with E-state index in [0.29, 0.717) is 23.1 Å². The molecule has 1 aliphatic rings. The number of piperazine rings is 1. The summed E-state index contributed by atoms with van der Waals surface area (Å²) in [5.74, 6) is 1.06. The van der Waals surface area contributed by atoms with Gasteiger partial charge in [-0.1, -0.05) is 30.3 Å². The molecule has 2 N–H and O–H groups in total. The Kier molecular flexibility index (Phi) is 4.99. The van der Waals surface area contributed by atoms with Crippen molar-refractivity contribution < 1.29 is 4.39 Å². The van der Waals surface area contributed by atoms with Gasteiger partial charge in [0.1, 0.15) is 5.82 Å². The third kappa shape index (κ3) is 3.77. The van der Waals surface area contributed by atoms with Gasteiger partial charge >= 0.3 is 0 Å². The maximum Gasteiger partial charge on any atom is 0.259 e. The molecule has 1 saturated heterocycles. The number of anilines is 2. The molecule has 0 radical (unpaired) electrons. The molecule has 0 unspecified atom stereocenters. The molecule has 170 valence electrons. The van der Waals surface area contributed by atoms with Crippen LogP contribution in [0.1, 0.15) is 5.56 Å². The fourth-order valence-electron chi connectivity index (χ4n) is 4.33. The third-order valence-electron chi connectivity index (χ3n) is 6.09. The molecule has 2 aromatic carbocycles. The molecule has 0 amide bonds. The number of nitrogens with zero attached hydrogens (tertiary/aromatic N) is 8. The second-order valence-corrected chi connectivity index (χ2v) is 8.29. The van der Waals surface area contributed by atoms with Gasteiger partial charge in [0.05, 0.1) is 5.52 Å². The van der Waals surface area contributed by atoms with Crippen LogP contribution < -0.4 is 10.6 Å². The van der Waals surface area contributed by atoms with Crippen molar-refractivity contribution in [3.8, 4) is 11.4 Å². The Morgan fingerprint density at radius 3 is 2.62 bits per heavy atom. The minimum absolute atomic E-state index is 0.195. The zero-order valence-corrected chi connectivity index (χ0v) is 18.3. The molecule has 0 spiro atoms. The molecule has 1 fully saturated rings. The van der Waals surface area contributed by atoms with E-state index >= 15 is 0 Å². The number of pyridine rings is 1. The van der Waals surface area contributed by atoms with Gasteiger partial charge in [-0.05, 0) is 29.8 Å². The van der Waals surface area contributed by atoms with Gasteiger partial charge in [-0.3, -0.25) is 9.88 Å². The van der Waals surface area contributed by atoms with Crippen LogP contribution in [-0.4, -0.2) is 60.6 Å². The summed E-state index contributed by atoms with van der Waals surface area (Å²) in [4.78, 5) is 22.5. The van der Waals surface area contributed by atoms with Crippen LogP contribution in [0, 0.1) is 5.82 Å². The number of aromatic nitrogens is 6. The first-order valence-corrected chi connectivity index (χ1v) is 11.1. The van der Waals surface area contributed by atoms with Gasteiger partial charge in [0.2, 0.25) is 11.9 Å². The average molecular weight is 456 g/mol. The SMILES string of the molecule is Nc1nc(N2CCN(Cc3ccnc4ccccc34)CC2)nc2nc(-c3cccc(F)c3)nn12. The molecule has 9 nitrogen and oxygen atoms in total. The maximum absolute atomic E-state index is 13.6. The first-order chi connectivity index (χ1) is 16.6. The number of halogens is 1. The van der Waals surface area contributed by atoms with Gasteiger partial charge in [-0.2, -0.15) is 19.5 Å². The molecule has 5 aromatic rings. The Morgan fingerprint density at radius 2 is 1.76 bits per heavy atom. The highest BCUT2D eigenvalue weighted by atomic mass is 19.1. The number of rotatable bonds is 4. The normalized spacial score (nSPS) is 14.8. The van der Waals surface area contributed by atoms with E-state index in [2.05, 4.69) is 47.0 Å². The number of nitrogens with two attached hydrogens (primary N) is 1.